The number of aryl methyl sites for hydroxylation is 2. The minimum Gasteiger partial charge on any atom is -0.396 e. The smallest absolute Gasteiger partial charge is 0.315 e. The van der Waals surface area contributed by atoms with Gasteiger partial charge < -0.3 is 20.3 Å². The third-order valence-corrected chi connectivity index (χ3v) is 3.01. The Labute approximate surface area is 113 Å². The summed E-state index contributed by atoms with van der Waals surface area (Å²) in [6, 6.07) is -0.122. The fourth-order valence-corrected chi connectivity index (χ4v) is 1.90. The molecule has 1 unspecified atom stereocenters. The van der Waals surface area contributed by atoms with E-state index < -0.39 is 0 Å². The molecule has 1 atom stereocenters. The van der Waals surface area contributed by atoms with Crippen molar-refractivity contribution in [2.45, 2.75) is 46.1 Å². The van der Waals surface area contributed by atoms with Crippen molar-refractivity contribution in [3.63, 3.8) is 0 Å². The van der Waals surface area contributed by atoms with Crippen LogP contribution in [0.4, 0.5) is 4.79 Å². The average molecular weight is 269 g/mol. The highest BCUT2D eigenvalue weighted by atomic mass is 16.5. The predicted octanol–water partition coefficient (Wildman–Crippen LogP) is 1.29. The Kier molecular flexibility index (Phi) is 6.35. The van der Waals surface area contributed by atoms with Crippen LogP contribution in [0, 0.1) is 13.8 Å². The van der Waals surface area contributed by atoms with Crippen molar-refractivity contribution in [2.24, 2.45) is 0 Å². The predicted molar refractivity (Wildman–Crippen MR) is 72.0 cm³/mol. The van der Waals surface area contributed by atoms with Gasteiger partial charge in [-0.25, -0.2) is 4.79 Å². The molecular formula is C13H23N3O3. The van der Waals surface area contributed by atoms with Crippen molar-refractivity contribution in [2.75, 3.05) is 13.2 Å². The van der Waals surface area contributed by atoms with Crippen LogP contribution in [-0.2, 0) is 6.42 Å². The molecule has 1 rings (SSSR count). The van der Waals surface area contributed by atoms with E-state index in [-0.39, 0.29) is 18.7 Å². The van der Waals surface area contributed by atoms with Crippen molar-refractivity contribution in [1.29, 1.82) is 0 Å². The normalized spacial score (nSPS) is 12.2. The van der Waals surface area contributed by atoms with Crippen LogP contribution in [0.25, 0.3) is 0 Å². The molecule has 0 fully saturated rings. The molecule has 0 bridgehead atoms. The molecule has 0 saturated heterocycles. The second kappa shape index (κ2) is 7.78. The number of aliphatic hydroxyl groups is 1. The van der Waals surface area contributed by atoms with Gasteiger partial charge in [-0.05, 0) is 40.0 Å². The van der Waals surface area contributed by atoms with Crippen LogP contribution in [0.5, 0.6) is 0 Å². The van der Waals surface area contributed by atoms with Crippen LogP contribution in [0.3, 0.4) is 0 Å². The first-order valence-corrected chi connectivity index (χ1v) is 6.61. The number of amides is 2. The Bertz CT molecular complexity index is 384. The summed E-state index contributed by atoms with van der Waals surface area (Å²) in [6.45, 7) is 6.37. The number of aromatic nitrogens is 1. The first-order valence-electron chi connectivity index (χ1n) is 6.61. The van der Waals surface area contributed by atoms with Gasteiger partial charge in [-0.15, -0.1) is 0 Å². The molecule has 1 aromatic rings. The Morgan fingerprint density at radius 1 is 1.47 bits per heavy atom. The summed E-state index contributed by atoms with van der Waals surface area (Å²) >= 11 is 0. The van der Waals surface area contributed by atoms with Crippen molar-refractivity contribution >= 4 is 6.03 Å². The number of aliphatic hydroxyl groups excluding tert-OH is 1. The SMILES string of the molecule is Cc1noc(C)c1CCNC(=O)NC(C)CCCO. The Balaban J connectivity index is 2.24. The van der Waals surface area contributed by atoms with E-state index in [0.29, 0.717) is 19.4 Å². The van der Waals surface area contributed by atoms with Gasteiger partial charge >= 0.3 is 6.03 Å². The highest BCUT2D eigenvalue weighted by Gasteiger charge is 2.10. The lowest BCUT2D eigenvalue weighted by Gasteiger charge is -2.13. The third-order valence-electron chi connectivity index (χ3n) is 3.01. The number of hydrogen-bond donors (Lipinski definition) is 3. The molecule has 0 spiro atoms. The second-order valence-electron chi connectivity index (χ2n) is 4.72. The first kappa shape index (κ1) is 15.5. The van der Waals surface area contributed by atoms with Gasteiger partial charge in [0.25, 0.3) is 0 Å². The van der Waals surface area contributed by atoms with Crippen molar-refractivity contribution in [1.82, 2.24) is 15.8 Å². The number of nitrogens with zero attached hydrogens (tertiary/aromatic N) is 1. The van der Waals surface area contributed by atoms with E-state index in [1.165, 1.54) is 0 Å². The summed E-state index contributed by atoms with van der Waals surface area (Å²) in [5.74, 6) is 0.802. The summed E-state index contributed by atoms with van der Waals surface area (Å²) in [6.07, 6.45) is 2.17. The van der Waals surface area contributed by atoms with Gasteiger partial charge in [0, 0.05) is 24.8 Å². The zero-order chi connectivity index (χ0) is 14.3. The highest BCUT2D eigenvalue weighted by molar-refractivity contribution is 5.74. The molecule has 0 saturated carbocycles. The summed E-state index contributed by atoms with van der Waals surface area (Å²) in [5, 5.41) is 18.2. The van der Waals surface area contributed by atoms with E-state index in [9.17, 15) is 4.79 Å². The molecule has 108 valence electrons. The van der Waals surface area contributed by atoms with Crippen LogP contribution in [0.1, 0.15) is 36.8 Å². The lowest BCUT2D eigenvalue weighted by atomic mass is 10.1. The summed E-state index contributed by atoms with van der Waals surface area (Å²) in [5.41, 5.74) is 1.92. The van der Waals surface area contributed by atoms with E-state index in [4.69, 9.17) is 9.63 Å². The molecule has 0 radical (unpaired) electrons. The third kappa shape index (κ3) is 5.30. The lowest BCUT2D eigenvalue weighted by Crippen LogP contribution is -2.41. The fourth-order valence-electron chi connectivity index (χ4n) is 1.90. The van der Waals surface area contributed by atoms with E-state index in [1.54, 1.807) is 0 Å². The van der Waals surface area contributed by atoms with Gasteiger partial charge in [0.15, 0.2) is 0 Å². The molecule has 2 amide bonds. The van der Waals surface area contributed by atoms with Gasteiger partial charge in [0.1, 0.15) is 5.76 Å². The minimum atomic E-state index is -0.183. The molecule has 0 aliphatic heterocycles. The van der Waals surface area contributed by atoms with E-state index >= 15 is 0 Å². The molecule has 3 N–H and O–H groups in total. The zero-order valence-corrected chi connectivity index (χ0v) is 11.8. The fraction of sp³-hybridized carbons (Fsp3) is 0.692. The quantitative estimate of drug-likeness (QED) is 0.696. The molecule has 19 heavy (non-hydrogen) atoms. The molecule has 1 aromatic heterocycles. The number of nitrogens with one attached hydrogen (secondary N) is 2. The Morgan fingerprint density at radius 2 is 2.21 bits per heavy atom. The van der Waals surface area contributed by atoms with E-state index in [0.717, 1.165) is 23.4 Å². The maximum Gasteiger partial charge on any atom is 0.315 e. The summed E-state index contributed by atoms with van der Waals surface area (Å²) in [4.78, 5) is 11.6. The summed E-state index contributed by atoms with van der Waals surface area (Å²) in [7, 11) is 0. The topological polar surface area (TPSA) is 87.4 Å². The Morgan fingerprint density at radius 3 is 2.79 bits per heavy atom. The minimum absolute atomic E-state index is 0.0613. The number of rotatable bonds is 7. The molecule has 6 nitrogen and oxygen atoms in total. The second-order valence-corrected chi connectivity index (χ2v) is 4.72. The monoisotopic (exact) mass is 269 g/mol. The van der Waals surface area contributed by atoms with E-state index in [2.05, 4.69) is 15.8 Å². The number of urea groups is 1. The van der Waals surface area contributed by atoms with Crippen LogP contribution >= 0.6 is 0 Å². The van der Waals surface area contributed by atoms with Crippen LogP contribution in [0.2, 0.25) is 0 Å². The van der Waals surface area contributed by atoms with Gasteiger partial charge in [-0.2, -0.15) is 0 Å². The largest absolute Gasteiger partial charge is 0.396 e. The van der Waals surface area contributed by atoms with Crippen LogP contribution in [0.15, 0.2) is 4.52 Å². The van der Waals surface area contributed by atoms with Crippen LogP contribution in [-0.4, -0.2) is 35.5 Å². The van der Waals surface area contributed by atoms with E-state index in [1.807, 2.05) is 20.8 Å². The molecule has 0 aromatic carbocycles. The Hall–Kier alpha value is -1.56. The van der Waals surface area contributed by atoms with Crippen molar-refractivity contribution in [3.8, 4) is 0 Å². The van der Waals surface area contributed by atoms with Gasteiger partial charge in [0.05, 0.1) is 5.69 Å². The van der Waals surface area contributed by atoms with Gasteiger partial charge in [-0.1, -0.05) is 5.16 Å². The van der Waals surface area contributed by atoms with Gasteiger partial charge in [0.2, 0.25) is 0 Å². The number of carbonyl (C=O) groups is 1. The first-order chi connectivity index (χ1) is 9.04. The van der Waals surface area contributed by atoms with Crippen molar-refractivity contribution in [3.05, 3.63) is 17.0 Å². The molecule has 0 aliphatic carbocycles. The van der Waals surface area contributed by atoms with Crippen molar-refractivity contribution < 1.29 is 14.4 Å². The molecule has 0 aliphatic rings. The van der Waals surface area contributed by atoms with Crippen LogP contribution < -0.4 is 10.6 Å². The number of hydrogen-bond acceptors (Lipinski definition) is 4. The molecule has 6 heteroatoms. The zero-order valence-electron chi connectivity index (χ0n) is 11.8. The summed E-state index contributed by atoms with van der Waals surface area (Å²) < 4.78 is 5.06. The van der Waals surface area contributed by atoms with Gasteiger partial charge in [-0.3, -0.25) is 0 Å². The standard InChI is InChI=1S/C13H23N3O3/c1-9(5-4-8-17)15-13(18)14-7-6-12-10(2)16-19-11(12)3/h9,17H,4-8H2,1-3H3,(H2,14,15,18). The molecular weight excluding hydrogens is 246 g/mol. The number of carbonyl (C=O) groups excluding carboxylic acids is 1. The molecule has 1 heterocycles. The highest BCUT2D eigenvalue weighted by Crippen LogP contribution is 2.11. The average Bonchev–Trinajstić information content (AvgIpc) is 2.67. The maximum absolute atomic E-state index is 11.6. The maximum atomic E-state index is 11.6. The lowest BCUT2D eigenvalue weighted by molar-refractivity contribution is 0.234.